The number of aliphatic imine (C=N–C) groups is 1. The maximum Gasteiger partial charge on any atom is 0.438 e. The van der Waals surface area contributed by atoms with Crippen molar-refractivity contribution in [3.8, 4) is 0 Å². The fourth-order valence-electron chi connectivity index (χ4n) is 1.01. The Morgan fingerprint density at radius 3 is 2.39 bits per heavy atom. The third kappa shape index (κ3) is 4.52. The van der Waals surface area contributed by atoms with Crippen LogP contribution in [-0.4, -0.2) is 24.7 Å². The molecule has 0 bridgehead atoms. The number of nitrogens with two attached hydrogens (primary N) is 2. The largest absolute Gasteiger partial charge is 0.438 e. The summed E-state index contributed by atoms with van der Waals surface area (Å²) >= 11 is 0. The fourth-order valence-corrected chi connectivity index (χ4v) is 1.01. The number of benzene rings is 1. The van der Waals surface area contributed by atoms with Gasteiger partial charge in [0.15, 0.2) is 0 Å². The van der Waals surface area contributed by atoms with E-state index < -0.39 is 18.9 Å². The molecule has 96 valence electrons. The highest BCUT2D eigenvalue weighted by Crippen LogP contribution is 2.05. The van der Waals surface area contributed by atoms with Gasteiger partial charge in [0.05, 0.1) is 0 Å². The van der Waals surface area contributed by atoms with E-state index in [2.05, 4.69) is 14.5 Å². The molecule has 1 aromatic carbocycles. The van der Waals surface area contributed by atoms with Crippen molar-refractivity contribution in [2.24, 2.45) is 10.7 Å². The van der Waals surface area contributed by atoms with Crippen LogP contribution in [0.4, 0.5) is 10.5 Å². The van der Waals surface area contributed by atoms with Crippen molar-refractivity contribution >= 4 is 23.6 Å². The molecule has 1 aromatic rings. The average molecular weight is 251 g/mol. The fraction of sp³-hybridized carbons (Fsp3) is 0.182. The van der Waals surface area contributed by atoms with Crippen LogP contribution in [0.2, 0.25) is 0 Å². The molecule has 1 rings (SSSR count). The van der Waals surface area contributed by atoms with E-state index >= 15 is 0 Å². The Bertz CT molecular complexity index is 468. The predicted molar refractivity (Wildman–Crippen MR) is 64.7 cm³/mol. The van der Waals surface area contributed by atoms with E-state index in [1.807, 2.05) is 0 Å². The number of esters is 1. The summed E-state index contributed by atoms with van der Waals surface area (Å²) in [5.41, 5.74) is 12.2. The van der Waals surface area contributed by atoms with Gasteiger partial charge in [-0.05, 0) is 24.3 Å². The van der Waals surface area contributed by atoms with Gasteiger partial charge < -0.3 is 20.9 Å². The molecule has 0 unspecified atom stereocenters. The molecule has 0 aliphatic carbocycles. The molecular formula is C11H13N3O4. The zero-order valence-electron chi connectivity index (χ0n) is 9.75. The number of amides is 1. The van der Waals surface area contributed by atoms with E-state index in [0.29, 0.717) is 11.3 Å². The molecule has 0 fully saturated rings. The molecule has 0 aliphatic rings. The van der Waals surface area contributed by atoms with Crippen molar-refractivity contribution in [3.63, 3.8) is 0 Å². The van der Waals surface area contributed by atoms with Crippen molar-refractivity contribution in [1.29, 1.82) is 0 Å². The second-order valence-corrected chi connectivity index (χ2v) is 3.28. The lowest BCUT2D eigenvalue weighted by Crippen LogP contribution is -2.17. The van der Waals surface area contributed by atoms with Crippen LogP contribution in [0.1, 0.15) is 12.5 Å². The van der Waals surface area contributed by atoms with Crippen LogP contribution < -0.4 is 11.5 Å². The number of carbonyl (C=O) groups is 2. The molecule has 0 spiro atoms. The molecule has 0 atom stereocenters. The van der Waals surface area contributed by atoms with Crippen LogP contribution in [0.25, 0.3) is 0 Å². The molecule has 0 aromatic heterocycles. The molecule has 0 radical (unpaired) electrons. The van der Waals surface area contributed by atoms with Gasteiger partial charge in [-0.2, -0.15) is 4.99 Å². The van der Waals surface area contributed by atoms with Crippen LogP contribution in [-0.2, 0) is 14.3 Å². The summed E-state index contributed by atoms with van der Waals surface area (Å²) in [5, 5.41) is 0. The Balaban J connectivity index is 2.57. The molecular weight excluding hydrogens is 238 g/mol. The van der Waals surface area contributed by atoms with Gasteiger partial charge in [-0.15, -0.1) is 0 Å². The van der Waals surface area contributed by atoms with E-state index in [9.17, 15) is 9.59 Å². The van der Waals surface area contributed by atoms with Crippen LogP contribution in [0, 0.1) is 0 Å². The molecule has 0 aliphatic heterocycles. The minimum Gasteiger partial charge on any atom is -0.428 e. The van der Waals surface area contributed by atoms with Crippen molar-refractivity contribution in [3.05, 3.63) is 29.8 Å². The number of ether oxygens (including phenoxy) is 2. The Labute approximate surface area is 103 Å². The Hall–Kier alpha value is -2.57. The first-order valence-corrected chi connectivity index (χ1v) is 4.99. The van der Waals surface area contributed by atoms with Gasteiger partial charge in [0.2, 0.25) is 6.79 Å². The number of nitrogen functional groups attached to an aromatic ring is 1. The summed E-state index contributed by atoms with van der Waals surface area (Å²) < 4.78 is 8.90. The molecule has 1 amide bonds. The van der Waals surface area contributed by atoms with Crippen molar-refractivity contribution in [2.75, 3.05) is 12.5 Å². The molecule has 0 saturated carbocycles. The Morgan fingerprint density at radius 2 is 1.83 bits per heavy atom. The lowest BCUT2D eigenvalue weighted by molar-refractivity contribution is -0.148. The smallest absolute Gasteiger partial charge is 0.428 e. The van der Waals surface area contributed by atoms with E-state index in [-0.39, 0.29) is 5.84 Å². The molecule has 0 saturated heterocycles. The summed E-state index contributed by atoms with van der Waals surface area (Å²) in [6.45, 7) is 0.701. The summed E-state index contributed by atoms with van der Waals surface area (Å²) in [6, 6.07) is 6.49. The molecule has 7 heteroatoms. The summed E-state index contributed by atoms with van der Waals surface area (Å²) in [6.07, 6.45) is -0.939. The standard InChI is InChI=1S/C11H13N3O4/c1-7(15)17-6-18-11(16)14-10(13)8-2-4-9(12)5-3-8/h2-5H,6,12H2,1H3,(H2,13,14,16). The van der Waals surface area contributed by atoms with Gasteiger partial charge in [0, 0.05) is 18.2 Å². The zero-order valence-corrected chi connectivity index (χ0v) is 9.75. The third-order valence-corrected chi connectivity index (χ3v) is 1.86. The lowest BCUT2D eigenvalue weighted by atomic mass is 10.2. The maximum absolute atomic E-state index is 11.2. The Kier molecular flexibility index (Phi) is 4.67. The van der Waals surface area contributed by atoms with Crippen molar-refractivity contribution in [2.45, 2.75) is 6.92 Å². The van der Waals surface area contributed by atoms with Gasteiger partial charge >= 0.3 is 12.1 Å². The van der Waals surface area contributed by atoms with Crippen LogP contribution in [0.15, 0.2) is 29.3 Å². The number of amidine groups is 1. The SMILES string of the molecule is CC(=O)OCOC(=O)/N=C(\N)c1ccc(N)cc1. The van der Waals surface area contributed by atoms with E-state index in [1.165, 1.54) is 6.92 Å². The minimum absolute atomic E-state index is 0.0113. The van der Waals surface area contributed by atoms with Crippen LogP contribution in [0.3, 0.4) is 0 Å². The summed E-state index contributed by atoms with van der Waals surface area (Å²) in [5.74, 6) is -0.568. The van der Waals surface area contributed by atoms with Gasteiger partial charge in [0.25, 0.3) is 0 Å². The highest BCUT2D eigenvalue weighted by atomic mass is 16.7. The van der Waals surface area contributed by atoms with Gasteiger partial charge in [-0.1, -0.05) is 0 Å². The number of anilines is 1. The number of carbonyl (C=O) groups excluding carboxylic acids is 2. The number of hydrogen-bond acceptors (Lipinski definition) is 5. The zero-order chi connectivity index (χ0) is 13.5. The highest BCUT2D eigenvalue weighted by Gasteiger charge is 2.04. The maximum atomic E-state index is 11.2. The second kappa shape index (κ2) is 6.24. The monoisotopic (exact) mass is 251 g/mol. The topological polar surface area (TPSA) is 117 Å². The van der Waals surface area contributed by atoms with Crippen LogP contribution in [0.5, 0.6) is 0 Å². The first-order valence-electron chi connectivity index (χ1n) is 4.99. The Morgan fingerprint density at radius 1 is 1.22 bits per heavy atom. The van der Waals surface area contributed by atoms with Crippen LogP contribution >= 0.6 is 0 Å². The predicted octanol–water partition coefficient (Wildman–Crippen LogP) is 0.631. The van der Waals surface area contributed by atoms with E-state index in [4.69, 9.17) is 11.5 Å². The van der Waals surface area contributed by atoms with Crippen molar-refractivity contribution < 1.29 is 19.1 Å². The summed E-state index contributed by atoms with van der Waals surface area (Å²) in [7, 11) is 0. The molecule has 4 N–H and O–H groups in total. The first kappa shape index (κ1) is 13.5. The first-order chi connectivity index (χ1) is 8.49. The number of rotatable bonds is 3. The normalized spacial score (nSPS) is 10.8. The van der Waals surface area contributed by atoms with Gasteiger partial charge in [-0.25, -0.2) is 4.79 Å². The summed E-state index contributed by atoms with van der Waals surface area (Å²) in [4.78, 5) is 25.1. The molecule has 7 nitrogen and oxygen atoms in total. The average Bonchev–Trinajstić information content (AvgIpc) is 2.29. The molecule has 18 heavy (non-hydrogen) atoms. The highest BCUT2D eigenvalue weighted by molar-refractivity contribution is 6.02. The van der Waals surface area contributed by atoms with Gasteiger partial charge in [-0.3, -0.25) is 4.79 Å². The number of nitrogens with zero attached hydrogens (tertiary/aromatic N) is 1. The number of hydrogen-bond donors (Lipinski definition) is 2. The van der Waals surface area contributed by atoms with E-state index in [1.54, 1.807) is 24.3 Å². The second-order valence-electron chi connectivity index (χ2n) is 3.28. The quantitative estimate of drug-likeness (QED) is 0.267. The minimum atomic E-state index is -0.939. The third-order valence-electron chi connectivity index (χ3n) is 1.86. The molecule has 0 heterocycles. The van der Waals surface area contributed by atoms with Gasteiger partial charge in [0.1, 0.15) is 5.84 Å². The van der Waals surface area contributed by atoms with E-state index in [0.717, 1.165) is 0 Å². The lowest BCUT2D eigenvalue weighted by Gasteiger charge is -2.03. The van der Waals surface area contributed by atoms with Crippen molar-refractivity contribution in [1.82, 2.24) is 0 Å².